The molecular formula is C15H18ClN3O. The van der Waals surface area contributed by atoms with Crippen LogP contribution in [0.5, 0.6) is 0 Å². The van der Waals surface area contributed by atoms with E-state index < -0.39 is 0 Å². The summed E-state index contributed by atoms with van der Waals surface area (Å²) in [4.78, 5) is 18.3. The van der Waals surface area contributed by atoms with Gasteiger partial charge in [-0.05, 0) is 37.1 Å². The van der Waals surface area contributed by atoms with Crippen molar-refractivity contribution in [1.29, 1.82) is 0 Å². The van der Waals surface area contributed by atoms with Gasteiger partial charge in [-0.25, -0.2) is 9.78 Å². The zero-order chi connectivity index (χ0) is 14.5. The van der Waals surface area contributed by atoms with Gasteiger partial charge in [-0.3, -0.25) is 9.47 Å². The van der Waals surface area contributed by atoms with Gasteiger partial charge in [0.2, 0.25) is 0 Å². The minimum atomic E-state index is -0.0960. The van der Waals surface area contributed by atoms with E-state index in [9.17, 15) is 4.79 Å². The number of hydrogen-bond acceptors (Lipinski definition) is 2. The van der Waals surface area contributed by atoms with Crippen LogP contribution in [0.1, 0.15) is 25.3 Å². The van der Waals surface area contributed by atoms with Crippen LogP contribution in [0.3, 0.4) is 0 Å². The number of halogens is 1. The highest BCUT2D eigenvalue weighted by Crippen LogP contribution is 2.24. The Kier molecular flexibility index (Phi) is 4.79. The molecular weight excluding hydrogens is 274 g/mol. The number of amides is 1. The van der Waals surface area contributed by atoms with Crippen molar-refractivity contribution in [2.75, 3.05) is 11.4 Å². The molecule has 0 atom stereocenters. The Bertz CT molecular complexity index is 581. The predicted octanol–water partition coefficient (Wildman–Crippen LogP) is 4.12. The summed E-state index contributed by atoms with van der Waals surface area (Å²) >= 11 is 5.99. The lowest BCUT2D eigenvalue weighted by atomic mass is 10.1. The second-order valence-electron chi connectivity index (χ2n) is 4.69. The molecule has 20 heavy (non-hydrogen) atoms. The number of benzene rings is 1. The van der Waals surface area contributed by atoms with Crippen molar-refractivity contribution in [2.45, 2.75) is 26.7 Å². The standard InChI is InChI=1S/C15H18ClN3O/c1-3-4-8-19(15(20)18-9-7-17-11-18)14-6-5-13(16)10-12(14)2/h5-7,9-11H,3-4,8H2,1-2H3. The number of carbonyl (C=O) groups excluding carboxylic acids is 1. The molecule has 106 valence electrons. The summed E-state index contributed by atoms with van der Waals surface area (Å²) < 4.78 is 1.49. The van der Waals surface area contributed by atoms with E-state index >= 15 is 0 Å². The second kappa shape index (κ2) is 6.57. The molecule has 0 aliphatic carbocycles. The maximum Gasteiger partial charge on any atom is 0.333 e. The van der Waals surface area contributed by atoms with Gasteiger partial charge in [-0.2, -0.15) is 0 Å². The molecule has 0 aliphatic heterocycles. The lowest BCUT2D eigenvalue weighted by Crippen LogP contribution is -2.35. The Morgan fingerprint density at radius 2 is 2.25 bits per heavy atom. The fourth-order valence-corrected chi connectivity index (χ4v) is 2.30. The summed E-state index contributed by atoms with van der Waals surface area (Å²) in [6.07, 6.45) is 6.76. The smallest absolute Gasteiger partial charge is 0.293 e. The highest BCUT2D eigenvalue weighted by Gasteiger charge is 2.18. The number of aryl methyl sites for hydroxylation is 1. The molecule has 0 bridgehead atoms. The first-order valence-electron chi connectivity index (χ1n) is 6.69. The predicted molar refractivity (Wildman–Crippen MR) is 81.5 cm³/mol. The Balaban J connectivity index is 2.34. The monoisotopic (exact) mass is 291 g/mol. The summed E-state index contributed by atoms with van der Waals surface area (Å²) in [6, 6.07) is 5.48. The quantitative estimate of drug-likeness (QED) is 0.850. The maximum absolute atomic E-state index is 12.6. The largest absolute Gasteiger partial charge is 0.333 e. The average Bonchev–Trinajstić information content (AvgIpc) is 2.94. The lowest BCUT2D eigenvalue weighted by Gasteiger charge is -2.24. The van der Waals surface area contributed by atoms with Crippen LogP contribution in [-0.4, -0.2) is 22.1 Å². The number of anilines is 1. The molecule has 2 aromatic rings. The summed E-state index contributed by atoms with van der Waals surface area (Å²) in [5.74, 6) is 0. The molecule has 0 unspecified atom stereocenters. The molecule has 1 aromatic carbocycles. The van der Waals surface area contributed by atoms with Gasteiger partial charge in [0.25, 0.3) is 0 Å². The van der Waals surface area contributed by atoms with Gasteiger partial charge in [0, 0.05) is 29.6 Å². The van der Waals surface area contributed by atoms with Crippen molar-refractivity contribution in [2.24, 2.45) is 0 Å². The maximum atomic E-state index is 12.6. The van der Waals surface area contributed by atoms with Crippen molar-refractivity contribution in [3.8, 4) is 0 Å². The van der Waals surface area contributed by atoms with Crippen LogP contribution < -0.4 is 4.90 Å². The first-order chi connectivity index (χ1) is 9.63. The molecule has 0 radical (unpaired) electrons. The number of rotatable bonds is 4. The molecule has 0 fully saturated rings. The average molecular weight is 292 g/mol. The van der Waals surface area contributed by atoms with E-state index in [2.05, 4.69) is 11.9 Å². The number of hydrogen-bond donors (Lipinski definition) is 0. The molecule has 0 saturated carbocycles. The molecule has 0 spiro atoms. The van der Waals surface area contributed by atoms with Gasteiger partial charge in [-0.15, -0.1) is 0 Å². The number of aromatic nitrogens is 2. The molecule has 5 heteroatoms. The van der Waals surface area contributed by atoms with Crippen molar-refractivity contribution in [3.63, 3.8) is 0 Å². The second-order valence-corrected chi connectivity index (χ2v) is 5.12. The first-order valence-corrected chi connectivity index (χ1v) is 7.07. The number of unbranched alkanes of at least 4 members (excludes halogenated alkanes) is 1. The molecule has 1 amide bonds. The van der Waals surface area contributed by atoms with Crippen LogP contribution >= 0.6 is 11.6 Å². The molecule has 0 aliphatic rings. The highest BCUT2D eigenvalue weighted by atomic mass is 35.5. The first kappa shape index (κ1) is 14.6. The third kappa shape index (κ3) is 3.20. The molecule has 1 aromatic heterocycles. The fourth-order valence-electron chi connectivity index (χ4n) is 2.07. The van der Waals surface area contributed by atoms with Crippen molar-refractivity contribution in [3.05, 3.63) is 47.5 Å². The molecule has 2 rings (SSSR count). The molecule has 4 nitrogen and oxygen atoms in total. The topological polar surface area (TPSA) is 38.1 Å². The summed E-state index contributed by atoms with van der Waals surface area (Å²) in [6.45, 7) is 4.74. The molecule has 0 N–H and O–H groups in total. The van der Waals surface area contributed by atoms with E-state index in [4.69, 9.17) is 11.6 Å². The summed E-state index contributed by atoms with van der Waals surface area (Å²) in [5.41, 5.74) is 1.88. The van der Waals surface area contributed by atoms with E-state index in [1.54, 1.807) is 17.3 Å². The number of imidazole rings is 1. The molecule has 1 heterocycles. The summed E-state index contributed by atoms with van der Waals surface area (Å²) in [5, 5.41) is 0.678. The Morgan fingerprint density at radius 3 is 2.85 bits per heavy atom. The minimum absolute atomic E-state index is 0.0960. The van der Waals surface area contributed by atoms with Gasteiger partial charge in [-0.1, -0.05) is 24.9 Å². The van der Waals surface area contributed by atoms with E-state index in [0.29, 0.717) is 11.6 Å². The van der Waals surface area contributed by atoms with Gasteiger partial charge in [0.05, 0.1) is 0 Å². The highest BCUT2D eigenvalue weighted by molar-refractivity contribution is 6.30. The number of carbonyl (C=O) groups is 1. The van der Waals surface area contributed by atoms with Crippen LogP contribution in [0.4, 0.5) is 10.5 Å². The fraction of sp³-hybridized carbons (Fsp3) is 0.333. The number of nitrogens with zero attached hydrogens (tertiary/aromatic N) is 3. The van der Waals surface area contributed by atoms with Crippen LogP contribution in [0.15, 0.2) is 36.9 Å². The Labute approximate surface area is 124 Å². The van der Waals surface area contributed by atoms with Gasteiger partial charge in [0.15, 0.2) is 0 Å². The Hall–Kier alpha value is -1.81. The van der Waals surface area contributed by atoms with Crippen molar-refractivity contribution < 1.29 is 4.79 Å². The summed E-state index contributed by atoms with van der Waals surface area (Å²) in [7, 11) is 0. The van der Waals surface area contributed by atoms with Crippen molar-refractivity contribution in [1.82, 2.24) is 9.55 Å². The van der Waals surface area contributed by atoms with Crippen LogP contribution in [0.25, 0.3) is 0 Å². The minimum Gasteiger partial charge on any atom is -0.293 e. The van der Waals surface area contributed by atoms with Crippen LogP contribution in [0, 0.1) is 6.92 Å². The van der Waals surface area contributed by atoms with Crippen LogP contribution in [0.2, 0.25) is 5.02 Å². The van der Waals surface area contributed by atoms with E-state index in [1.807, 2.05) is 25.1 Å². The zero-order valence-corrected chi connectivity index (χ0v) is 12.5. The van der Waals surface area contributed by atoms with E-state index in [-0.39, 0.29) is 6.03 Å². The van der Waals surface area contributed by atoms with Gasteiger partial charge >= 0.3 is 6.03 Å². The Morgan fingerprint density at radius 1 is 1.45 bits per heavy atom. The van der Waals surface area contributed by atoms with Gasteiger partial charge in [0.1, 0.15) is 6.33 Å². The van der Waals surface area contributed by atoms with Crippen molar-refractivity contribution >= 4 is 23.3 Å². The third-order valence-electron chi connectivity index (χ3n) is 3.14. The normalized spacial score (nSPS) is 10.6. The van der Waals surface area contributed by atoms with E-state index in [0.717, 1.165) is 24.1 Å². The van der Waals surface area contributed by atoms with Crippen LogP contribution in [-0.2, 0) is 0 Å². The SMILES string of the molecule is CCCCN(C(=O)n1ccnc1)c1ccc(Cl)cc1C. The lowest BCUT2D eigenvalue weighted by molar-refractivity contribution is 0.247. The molecule has 0 saturated heterocycles. The van der Waals surface area contributed by atoms with E-state index in [1.165, 1.54) is 10.9 Å². The third-order valence-corrected chi connectivity index (χ3v) is 3.38. The zero-order valence-electron chi connectivity index (χ0n) is 11.7. The van der Waals surface area contributed by atoms with Gasteiger partial charge < -0.3 is 0 Å².